The smallest absolute Gasteiger partial charge is 0.177 e. The predicted octanol–water partition coefficient (Wildman–Crippen LogP) is 2.88. The molecule has 1 aliphatic heterocycles. The van der Waals surface area contributed by atoms with Crippen molar-refractivity contribution in [3.63, 3.8) is 0 Å². The molecule has 7 heteroatoms. The second-order valence-corrected chi connectivity index (χ2v) is 7.94. The second-order valence-electron chi connectivity index (χ2n) is 6.68. The minimum Gasteiger partial charge on any atom is -0.383 e. The lowest BCUT2D eigenvalue weighted by Crippen LogP contribution is -2.43. The summed E-state index contributed by atoms with van der Waals surface area (Å²) in [6, 6.07) is 1.93. The van der Waals surface area contributed by atoms with Crippen molar-refractivity contribution in [2.75, 3.05) is 24.7 Å². The number of hydrogen-bond acceptors (Lipinski definition) is 5. The third kappa shape index (κ3) is 2.56. The number of thioether (sulfide) groups is 1. The van der Waals surface area contributed by atoms with E-state index in [4.69, 9.17) is 15.6 Å². The Morgan fingerprint density at radius 1 is 1.38 bits per heavy atom. The highest BCUT2D eigenvalue weighted by Crippen LogP contribution is 2.46. The van der Waals surface area contributed by atoms with Crippen LogP contribution in [0.1, 0.15) is 31.7 Å². The van der Waals surface area contributed by atoms with Crippen LogP contribution >= 0.6 is 11.8 Å². The minimum atomic E-state index is 0.382. The van der Waals surface area contributed by atoms with E-state index in [2.05, 4.69) is 18.1 Å². The quantitative estimate of drug-likeness (QED) is 0.863. The Morgan fingerprint density at radius 3 is 2.75 bits per heavy atom. The molecule has 0 amide bonds. The maximum Gasteiger partial charge on any atom is 0.177 e. The molecule has 0 bridgehead atoms. The highest BCUT2D eigenvalue weighted by Gasteiger charge is 2.40. The van der Waals surface area contributed by atoms with Crippen LogP contribution < -0.4 is 5.73 Å². The molecule has 24 heavy (non-hydrogen) atoms. The Kier molecular flexibility index (Phi) is 3.92. The van der Waals surface area contributed by atoms with E-state index in [0.717, 1.165) is 48.2 Å². The number of anilines is 1. The summed E-state index contributed by atoms with van der Waals surface area (Å²) in [6.45, 7) is 3.94. The van der Waals surface area contributed by atoms with Crippen molar-refractivity contribution < 1.29 is 4.74 Å². The van der Waals surface area contributed by atoms with Crippen molar-refractivity contribution in [1.82, 2.24) is 19.6 Å². The minimum absolute atomic E-state index is 0.382. The largest absolute Gasteiger partial charge is 0.383 e. The molecule has 128 valence electrons. The molecule has 2 aromatic heterocycles. The third-order valence-corrected chi connectivity index (χ3v) is 5.78. The predicted molar refractivity (Wildman–Crippen MR) is 96.2 cm³/mol. The maximum atomic E-state index is 6.49. The molecule has 1 aliphatic carbocycles. The molecule has 0 aromatic carbocycles. The summed E-state index contributed by atoms with van der Waals surface area (Å²) in [4.78, 5) is 0. The monoisotopic (exact) mass is 345 g/mol. The zero-order chi connectivity index (χ0) is 16.7. The molecule has 0 atom stereocenters. The Morgan fingerprint density at radius 2 is 2.21 bits per heavy atom. The Labute approximate surface area is 146 Å². The van der Waals surface area contributed by atoms with Gasteiger partial charge in [-0.3, -0.25) is 4.68 Å². The number of hydrogen-bond donors (Lipinski definition) is 1. The lowest BCUT2D eigenvalue weighted by molar-refractivity contribution is -0.116. The van der Waals surface area contributed by atoms with E-state index in [1.807, 2.05) is 19.3 Å². The van der Waals surface area contributed by atoms with Gasteiger partial charge in [-0.15, -0.1) is 11.8 Å². The van der Waals surface area contributed by atoms with Gasteiger partial charge < -0.3 is 10.5 Å². The summed E-state index contributed by atoms with van der Waals surface area (Å²) >= 11 is 1.74. The molecular formula is C17H23N5OS. The Balaban J connectivity index is 1.72. The standard InChI is InChI=1S/C17H23N5OS/c1-3-24-16-14(12-4-7-17(8-5-12)10-23-11-17)15(18)22(20-16)13-6-9-21(2)19-13/h4,6,9H,3,5,7-8,10-11,18H2,1-2H3. The molecular weight excluding hydrogens is 322 g/mol. The van der Waals surface area contributed by atoms with Gasteiger partial charge >= 0.3 is 0 Å². The number of nitrogens with two attached hydrogens (primary N) is 1. The number of nitrogens with zero attached hydrogens (tertiary/aromatic N) is 4. The van der Waals surface area contributed by atoms with Gasteiger partial charge in [0.15, 0.2) is 5.82 Å². The summed E-state index contributed by atoms with van der Waals surface area (Å²) in [5.74, 6) is 2.42. The van der Waals surface area contributed by atoms with Crippen LogP contribution in [0.15, 0.2) is 23.4 Å². The highest BCUT2D eigenvalue weighted by molar-refractivity contribution is 7.99. The highest BCUT2D eigenvalue weighted by atomic mass is 32.2. The average molecular weight is 345 g/mol. The maximum absolute atomic E-state index is 6.49. The molecule has 4 rings (SSSR count). The van der Waals surface area contributed by atoms with E-state index in [-0.39, 0.29) is 0 Å². The molecule has 1 fully saturated rings. The number of rotatable bonds is 4. The molecule has 3 heterocycles. The molecule has 2 aromatic rings. The van der Waals surface area contributed by atoms with Gasteiger partial charge in [0.2, 0.25) is 0 Å². The van der Waals surface area contributed by atoms with Gasteiger partial charge in [-0.1, -0.05) is 13.0 Å². The van der Waals surface area contributed by atoms with Crippen molar-refractivity contribution in [1.29, 1.82) is 0 Å². The van der Waals surface area contributed by atoms with Gasteiger partial charge in [-0.05, 0) is 30.6 Å². The van der Waals surface area contributed by atoms with Crippen LogP contribution in [0.25, 0.3) is 11.4 Å². The number of ether oxygens (including phenoxy) is 1. The lowest BCUT2D eigenvalue weighted by Gasteiger charge is -2.43. The van der Waals surface area contributed by atoms with Crippen LogP contribution in [0.5, 0.6) is 0 Å². The first-order valence-electron chi connectivity index (χ1n) is 8.40. The number of aromatic nitrogens is 4. The van der Waals surface area contributed by atoms with Crippen LogP contribution in [-0.2, 0) is 11.8 Å². The third-order valence-electron chi connectivity index (χ3n) is 4.93. The van der Waals surface area contributed by atoms with E-state index < -0.39 is 0 Å². The first-order valence-corrected chi connectivity index (χ1v) is 9.39. The van der Waals surface area contributed by atoms with Gasteiger partial charge in [0.1, 0.15) is 10.8 Å². The zero-order valence-corrected chi connectivity index (χ0v) is 15.0. The first-order chi connectivity index (χ1) is 11.6. The van der Waals surface area contributed by atoms with Crippen LogP contribution in [0, 0.1) is 5.41 Å². The molecule has 0 saturated carbocycles. The van der Waals surface area contributed by atoms with Crippen LogP contribution in [0.4, 0.5) is 5.82 Å². The zero-order valence-electron chi connectivity index (χ0n) is 14.2. The van der Waals surface area contributed by atoms with Crippen molar-refractivity contribution in [2.24, 2.45) is 12.5 Å². The summed E-state index contributed by atoms with van der Waals surface area (Å²) in [7, 11) is 1.90. The lowest BCUT2D eigenvalue weighted by atomic mass is 9.73. The van der Waals surface area contributed by atoms with Crippen molar-refractivity contribution in [3.8, 4) is 5.82 Å². The second kappa shape index (κ2) is 5.97. The van der Waals surface area contributed by atoms with Gasteiger partial charge in [0.25, 0.3) is 0 Å². The van der Waals surface area contributed by atoms with E-state index >= 15 is 0 Å². The van der Waals surface area contributed by atoms with E-state index in [0.29, 0.717) is 11.2 Å². The van der Waals surface area contributed by atoms with Gasteiger partial charge in [-0.25, -0.2) is 0 Å². The van der Waals surface area contributed by atoms with Gasteiger partial charge in [0.05, 0.1) is 18.8 Å². The van der Waals surface area contributed by atoms with Crippen LogP contribution in [0.3, 0.4) is 0 Å². The van der Waals surface area contributed by atoms with Crippen molar-refractivity contribution in [3.05, 3.63) is 23.9 Å². The molecule has 2 aliphatic rings. The number of aryl methyl sites for hydroxylation is 1. The average Bonchev–Trinajstić information content (AvgIpc) is 3.10. The van der Waals surface area contributed by atoms with Crippen LogP contribution in [-0.4, -0.2) is 38.5 Å². The van der Waals surface area contributed by atoms with Gasteiger partial charge in [0, 0.05) is 24.7 Å². The van der Waals surface area contributed by atoms with Crippen molar-refractivity contribution in [2.45, 2.75) is 31.2 Å². The summed E-state index contributed by atoms with van der Waals surface area (Å²) in [5.41, 5.74) is 9.30. The SMILES string of the molecule is CCSc1nn(-c2ccn(C)n2)c(N)c1C1=CCC2(CC1)COC2. The molecule has 0 radical (unpaired) electrons. The number of allylic oxidation sites excluding steroid dienone is 2. The summed E-state index contributed by atoms with van der Waals surface area (Å²) < 4.78 is 8.96. The van der Waals surface area contributed by atoms with Crippen molar-refractivity contribution >= 4 is 23.2 Å². The molecule has 6 nitrogen and oxygen atoms in total. The molecule has 1 saturated heterocycles. The Hall–Kier alpha value is -1.73. The fourth-order valence-corrected chi connectivity index (χ4v) is 4.26. The molecule has 2 N–H and O–H groups in total. The fourth-order valence-electron chi connectivity index (χ4n) is 3.46. The normalized spacial score (nSPS) is 19.3. The summed E-state index contributed by atoms with van der Waals surface area (Å²) in [6.07, 6.45) is 7.54. The van der Waals surface area contributed by atoms with E-state index in [9.17, 15) is 0 Å². The van der Waals surface area contributed by atoms with Crippen LogP contribution in [0.2, 0.25) is 0 Å². The van der Waals surface area contributed by atoms with E-state index in [1.54, 1.807) is 21.1 Å². The summed E-state index contributed by atoms with van der Waals surface area (Å²) in [5, 5.41) is 10.2. The van der Waals surface area contributed by atoms with E-state index in [1.165, 1.54) is 12.0 Å². The first kappa shape index (κ1) is 15.8. The Bertz CT molecular complexity index is 787. The molecule has 0 unspecified atom stereocenters. The molecule has 1 spiro atoms. The topological polar surface area (TPSA) is 70.9 Å². The van der Waals surface area contributed by atoms with Gasteiger partial charge in [-0.2, -0.15) is 14.9 Å². The number of nitrogen functional groups attached to an aromatic ring is 1. The fraction of sp³-hybridized carbons (Fsp3) is 0.529.